The van der Waals surface area contributed by atoms with E-state index in [1.54, 1.807) is 18.2 Å². The van der Waals surface area contributed by atoms with Gasteiger partial charge in [0.2, 0.25) is 5.95 Å². The van der Waals surface area contributed by atoms with Gasteiger partial charge in [0.15, 0.2) is 11.5 Å². The second kappa shape index (κ2) is 8.07. The summed E-state index contributed by atoms with van der Waals surface area (Å²) < 4.78 is 16.5. The van der Waals surface area contributed by atoms with E-state index in [1.165, 1.54) is 6.07 Å². The molecule has 9 heteroatoms. The molecule has 0 saturated carbocycles. The van der Waals surface area contributed by atoms with E-state index in [4.69, 9.17) is 4.98 Å². The highest BCUT2D eigenvalue weighted by molar-refractivity contribution is 5.93. The highest BCUT2D eigenvalue weighted by Crippen LogP contribution is 2.30. The molecule has 8 nitrogen and oxygen atoms in total. The Balaban J connectivity index is 1.64. The molecule has 3 heterocycles. The van der Waals surface area contributed by atoms with E-state index in [9.17, 15) is 9.18 Å². The number of para-hydroxylation sites is 1. The van der Waals surface area contributed by atoms with Crippen molar-refractivity contribution in [1.29, 1.82) is 0 Å². The fourth-order valence-electron chi connectivity index (χ4n) is 4.29. The number of nitrogens with one attached hydrogen (secondary N) is 1. The number of fused-ring (bicyclic) bond motifs is 3. The number of hydrogen-bond donors (Lipinski definition) is 1. The standard InChI is InChI=1S/C23H24FN7O/c1-3-25-23(32)30-13-12-29(14-15(30)2)22-26-19-11-7-5-9-17(19)21-28-27-20(31(21)22)16-8-4-6-10-18(16)24/h4-11,15H,3,12-14H2,1-2H3,(H,25,32). The average Bonchev–Trinajstić information content (AvgIpc) is 3.24. The van der Waals surface area contributed by atoms with Crippen LogP contribution in [-0.2, 0) is 0 Å². The zero-order chi connectivity index (χ0) is 22.2. The molecule has 2 amide bonds. The van der Waals surface area contributed by atoms with Crippen molar-refractivity contribution in [3.8, 4) is 11.4 Å². The third-order valence-corrected chi connectivity index (χ3v) is 5.84. The average molecular weight is 433 g/mol. The number of aromatic nitrogens is 4. The van der Waals surface area contributed by atoms with E-state index >= 15 is 0 Å². The van der Waals surface area contributed by atoms with Crippen LogP contribution in [0, 0.1) is 5.82 Å². The number of benzene rings is 2. The van der Waals surface area contributed by atoms with E-state index in [0.29, 0.717) is 49.2 Å². The van der Waals surface area contributed by atoms with Gasteiger partial charge in [-0.2, -0.15) is 0 Å². The molecule has 0 radical (unpaired) electrons. The molecule has 32 heavy (non-hydrogen) atoms. The summed E-state index contributed by atoms with van der Waals surface area (Å²) >= 11 is 0. The Morgan fingerprint density at radius 2 is 1.91 bits per heavy atom. The molecule has 0 spiro atoms. The van der Waals surface area contributed by atoms with E-state index in [0.717, 1.165) is 10.9 Å². The van der Waals surface area contributed by atoms with Gasteiger partial charge in [-0.1, -0.05) is 24.3 Å². The fourth-order valence-corrected chi connectivity index (χ4v) is 4.29. The summed E-state index contributed by atoms with van der Waals surface area (Å²) in [5.41, 5.74) is 1.79. The van der Waals surface area contributed by atoms with Crippen LogP contribution in [0.3, 0.4) is 0 Å². The smallest absolute Gasteiger partial charge is 0.317 e. The van der Waals surface area contributed by atoms with Gasteiger partial charge in [0.1, 0.15) is 5.82 Å². The van der Waals surface area contributed by atoms with Crippen LogP contribution in [-0.4, -0.2) is 62.7 Å². The first-order valence-electron chi connectivity index (χ1n) is 10.8. The number of hydrogen-bond acceptors (Lipinski definition) is 5. The highest BCUT2D eigenvalue weighted by atomic mass is 19.1. The van der Waals surface area contributed by atoms with Gasteiger partial charge < -0.3 is 15.1 Å². The lowest BCUT2D eigenvalue weighted by Gasteiger charge is -2.40. The number of nitrogens with zero attached hydrogens (tertiary/aromatic N) is 6. The number of piperazine rings is 1. The van der Waals surface area contributed by atoms with E-state index in [2.05, 4.69) is 20.4 Å². The Morgan fingerprint density at radius 1 is 1.12 bits per heavy atom. The van der Waals surface area contributed by atoms with Crippen LogP contribution in [0.5, 0.6) is 0 Å². The molecule has 1 aliphatic rings. The largest absolute Gasteiger partial charge is 0.338 e. The molecule has 1 unspecified atom stereocenters. The minimum absolute atomic E-state index is 0.0213. The molecule has 0 bridgehead atoms. The molecular formula is C23H24FN7O. The first-order valence-corrected chi connectivity index (χ1v) is 10.8. The summed E-state index contributed by atoms with van der Waals surface area (Å²) in [4.78, 5) is 21.3. The lowest BCUT2D eigenvalue weighted by atomic mass is 10.2. The van der Waals surface area contributed by atoms with Crippen molar-refractivity contribution in [3.63, 3.8) is 0 Å². The number of amides is 2. The van der Waals surface area contributed by atoms with Crippen molar-refractivity contribution >= 4 is 28.5 Å². The molecule has 4 aromatic rings. The lowest BCUT2D eigenvalue weighted by molar-refractivity contribution is 0.171. The van der Waals surface area contributed by atoms with Gasteiger partial charge in [0, 0.05) is 37.6 Å². The molecule has 164 valence electrons. The van der Waals surface area contributed by atoms with Gasteiger partial charge in [-0.3, -0.25) is 0 Å². The second-order valence-corrected chi connectivity index (χ2v) is 7.92. The first kappa shape index (κ1) is 20.2. The lowest BCUT2D eigenvalue weighted by Crippen LogP contribution is -2.57. The van der Waals surface area contributed by atoms with Crippen LogP contribution in [0.15, 0.2) is 48.5 Å². The molecule has 1 aliphatic heterocycles. The maximum absolute atomic E-state index is 14.7. The van der Waals surface area contributed by atoms with Crippen LogP contribution in [0.1, 0.15) is 13.8 Å². The Hall–Kier alpha value is -3.75. The number of urea groups is 1. The van der Waals surface area contributed by atoms with Crippen LogP contribution < -0.4 is 10.2 Å². The molecule has 1 saturated heterocycles. The van der Waals surface area contributed by atoms with Gasteiger partial charge in [-0.25, -0.2) is 18.6 Å². The molecule has 1 fully saturated rings. The predicted octanol–water partition coefficient (Wildman–Crippen LogP) is 3.32. The molecule has 5 rings (SSSR count). The van der Waals surface area contributed by atoms with Gasteiger partial charge >= 0.3 is 6.03 Å². The molecule has 2 aromatic heterocycles. The third kappa shape index (κ3) is 3.30. The Labute approximate surface area is 184 Å². The van der Waals surface area contributed by atoms with Crippen molar-refractivity contribution in [1.82, 2.24) is 29.8 Å². The van der Waals surface area contributed by atoms with Gasteiger partial charge in [0.05, 0.1) is 11.1 Å². The molecule has 2 aromatic carbocycles. The quantitative estimate of drug-likeness (QED) is 0.536. The Kier molecular flexibility index (Phi) is 5.08. The SMILES string of the molecule is CCNC(=O)N1CCN(c2nc3ccccc3c3nnc(-c4ccccc4F)n23)CC1C. The number of carbonyl (C=O) groups excluding carboxylic acids is 1. The van der Waals surface area contributed by atoms with Crippen molar-refractivity contribution in [2.45, 2.75) is 19.9 Å². The van der Waals surface area contributed by atoms with Crippen molar-refractivity contribution in [2.24, 2.45) is 0 Å². The third-order valence-electron chi connectivity index (χ3n) is 5.84. The van der Waals surface area contributed by atoms with E-state index < -0.39 is 0 Å². The van der Waals surface area contributed by atoms with Crippen LogP contribution in [0.4, 0.5) is 15.1 Å². The second-order valence-electron chi connectivity index (χ2n) is 7.92. The molecule has 1 atom stereocenters. The summed E-state index contributed by atoms with van der Waals surface area (Å²) in [5.74, 6) is 0.685. The fraction of sp³-hybridized carbons (Fsp3) is 0.304. The maximum Gasteiger partial charge on any atom is 0.317 e. The van der Waals surface area contributed by atoms with Crippen LogP contribution in [0.25, 0.3) is 27.9 Å². The normalized spacial score (nSPS) is 16.7. The van der Waals surface area contributed by atoms with Crippen LogP contribution >= 0.6 is 0 Å². The van der Waals surface area contributed by atoms with Gasteiger partial charge in [0.25, 0.3) is 0 Å². The first-order chi connectivity index (χ1) is 15.6. The summed E-state index contributed by atoms with van der Waals surface area (Å²) in [6.45, 7) is 6.25. The molecular weight excluding hydrogens is 409 g/mol. The number of anilines is 1. The minimum Gasteiger partial charge on any atom is -0.338 e. The van der Waals surface area contributed by atoms with Crippen molar-refractivity contribution < 1.29 is 9.18 Å². The van der Waals surface area contributed by atoms with Crippen LogP contribution in [0.2, 0.25) is 0 Å². The Bertz CT molecular complexity index is 1300. The maximum atomic E-state index is 14.7. The monoisotopic (exact) mass is 433 g/mol. The highest BCUT2D eigenvalue weighted by Gasteiger charge is 2.30. The molecule has 1 N–H and O–H groups in total. The Morgan fingerprint density at radius 3 is 2.69 bits per heavy atom. The van der Waals surface area contributed by atoms with Gasteiger partial charge in [-0.05, 0) is 38.1 Å². The van der Waals surface area contributed by atoms with Gasteiger partial charge in [-0.15, -0.1) is 10.2 Å². The summed E-state index contributed by atoms with van der Waals surface area (Å²) in [5, 5.41) is 12.5. The number of halogens is 1. The predicted molar refractivity (Wildman–Crippen MR) is 121 cm³/mol. The van der Waals surface area contributed by atoms with E-state index in [-0.39, 0.29) is 17.9 Å². The zero-order valence-electron chi connectivity index (χ0n) is 18.0. The number of rotatable bonds is 3. The van der Waals surface area contributed by atoms with Crippen molar-refractivity contribution in [2.75, 3.05) is 31.1 Å². The topological polar surface area (TPSA) is 78.7 Å². The summed E-state index contributed by atoms with van der Waals surface area (Å²) in [6.07, 6.45) is 0. The molecule has 0 aliphatic carbocycles. The summed E-state index contributed by atoms with van der Waals surface area (Å²) in [6, 6.07) is 14.2. The zero-order valence-corrected chi connectivity index (χ0v) is 18.0. The van der Waals surface area contributed by atoms with Crippen molar-refractivity contribution in [3.05, 3.63) is 54.3 Å². The number of carbonyl (C=O) groups is 1. The summed E-state index contributed by atoms with van der Waals surface area (Å²) in [7, 11) is 0. The van der Waals surface area contributed by atoms with E-state index in [1.807, 2.05) is 47.4 Å². The minimum atomic E-state index is -0.365.